The number of para-hydroxylation sites is 1. The van der Waals surface area contributed by atoms with Gasteiger partial charge in [0.1, 0.15) is 11.6 Å². The summed E-state index contributed by atoms with van der Waals surface area (Å²) in [4.78, 5) is 8.97. The molecule has 3 rings (SSSR count). The van der Waals surface area contributed by atoms with E-state index < -0.39 is 0 Å². The molecule has 0 aliphatic heterocycles. The minimum absolute atomic E-state index is 0.774. The van der Waals surface area contributed by atoms with Crippen molar-refractivity contribution in [1.82, 2.24) is 9.97 Å². The van der Waals surface area contributed by atoms with E-state index in [1.807, 2.05) is 31.2 Å². The van der Waals surface area contributed by atoms with Gasteiger partial charge in [0.25, 0.3) is 0 Å². The van der Waals surface area contributed by atoms with Crippen molar-refractivity contribution in [2.45, 2.75) is 20.3 Å². The van der Waals surface area contributed by atoms with Gasteiger partial charge in [0.15, 0.2) is 0 Å². The van der Waals surface area contributed by atoms with Gasteiger partial charge in [-0.3, -0.25) is 0 Å². The van der Waals surface area contributed by atoms with Gasteiger partial charge in [-0.15, -0.1) is 0 Å². The first kappa shape index (κ1) is 12.6. The molecule has 2 aromatic carbocycles. The average Bonchev–Trinajstić information content (AvgIpc) is 2.48. The highest BCUT2D eigenvalue weighted by molar-refractivity contribution is 5.90. The molecule has 0 fully saturated rings. The zero-order valence-electron chi connectivity index (χ0n) is 11.7. The van der Waals surface area contributed by atoms with Gasteiger partial charge >= 0.3 is 0 Å². The van der Waals surface area contributed by atoms with Gasteiger partial charge in [-0.2, -0.15) is 0 Å². The van der Waals surface area contributed by atoms with Gasteiger partial charge in [-0.05, 0) is 43.2 Å². The molecule has 0 atom stereocenters. The summed E-state index contributed by atoms with van der Waals surface area (Å²) >= 11 is 0. The standard InChI is InChI=1S/C17H17N3/c1-3-13-8-10-14(11-9-13)20-17-15-6-4-5-7-16(15)18-12(2)19-17/h4-11H,3H2,1-2H3,(H,18,19,20). The molecule has 1 aromatic heterocycles. The van der Waals surface area contributed by atoms with Crippen molar-refractivity contribution >= 4 is 22.4 Å². The first-order valence-electron chi connectivity index (χ1n) is 6.85. The predicted molar refractivity (Wildman–Crippen MR) is 83.4 cm³/mol. The second-order valence-corrected chi connectivity index (χ2v) is 4.81. The molecule has 100 valence electrons. The van der Waals surface area contributed by atoms with Gasteiger partial charge in [-0.25, -0.2) is 9.97 Å². The molecule has 3 aromatic rings. The normalized spacial score (nSPS) is 10.7. The highest BCUT2D eigenvalue weighted by Gasteiger charge is 2.05. The van der Waals surface area contributed by atoms with Gasteiger partial charge in [-0.1, -0.05) is 31.2 Å². The van der Waals surface area contributed by atoms with Gasteiger partial charge < -0.3 is 5.32 Å². The molecule has 3 heteroatoms. The van der Waals surface area contributed by atoms with Crippen LogP contribution in [0.1, 0.15) is 18.3 Å². The lowest BCUT2D eigenvalue weighted by atomic mass is 10.1. The summed E-state index contributed by atoms with van der Waals surface area (Å²) in [6.07, 6.45) is 1.05. The maximum absolute atomic E-state index is 4.52. The first-order chi connectivity index (χ1) is 9.76. The lowest BCUT2D eigenvalue weighted by molar-refractivity contribution is 1.09. The van der Waals surface area contributed by atoms with Gasteiger partial charge in [0.05, 0.1) is 5.52 Å². The van der Waals surface area contributed by atoms with Crippen LogP contribution in [0.25, 0.3) is 10.9 Å². The quantitative estimate of drug-likeness (QED) is 0.768. The zero-order chi connectivity index (χ0) is 13.9. The topological polar surface area (TPSA) is 37.8 Å². The lowest BCUT2D eigenvalue weighted by Crippen LogP contribution is -1.99. The number of benzene rings is 2. The minimum Gasteiger partial charge on any atom is -0.340 e. The van der Waals surface area contributed by atoms with E-state index in [1.54, 1.807) is 0 Å². The summed E-state index contributed by atoms with van der Waals surface area (Å²) < 4.78 is 0. The van der Waals surface area contributed by atoms with E-state index in [-0.39, 0.29) is 0 Å². The van der Waals surface area contributed by atoms with Crippen LogP contribution in [0.15, 0.2) is 48.5 Å². The average molecular weight is 263 g/mol. The fourth-order valence-corrected chi connectivity index (χ4v) is 2.25. The number of nitrogens with zero attached hydrogens (tertiary/aromatic N) is 2. The van der Waals surface area contributed by atoms with E-state index in [2.05, 4.69) is 46.5 Å². The molecule has 0 spiro atoms. The number of nitrogens with one attached hydrogen (secondary N) is 1. The third-order valence-corrected chi connectivity index (χ3v) is 3.34. The molecule has 1 N–H and O–H groups in total. The Labute approximate surface area is 118 Å². The minimum atomic E-state index is 0.774. The molecule has 1 heterocycles. The fourth-order valence-electron chi connectivity index (χ4n) is 2.25. The lowest BCUT2D eigenvalue weighted by Gasteiger charge is -2.10. The fraction of sp³-hybridized carbons (Fsp3) is 0.176. The second kappa shape index (κ2) is 5.29. The third-order valence-electron chi connectivity index (χ3n) is 3.34. The molecule has 0 bridgehead atoms. The van der Waals surface area contributed by atoms with Crippen LogP contribution in [0.5, 0.6) is 0 Å². The van der Waals surface area contributed by atoms with Crippen LogP contribution in [0, 0.1) is 6.92 Å². The van der Waals surface area contributed by atoms with Crippen molar-refractivity contribution in [3.63, 3.8) is 0 Å². The molecular weight excluding hydrogens is 246 g/mol. The first-order valence-corrected chi connectivity index (χ1v) is 6.85. The Balaban J connectivity index is 2.01. The van der Waals surface area contributed by atoms with E-state index in [0.29, 0.717) is 0 Å². The van der Waals surface area contributed by atoms with Gasteiger partial charge in [0.2, 0.25) is 0 Å². The van der Waals surface area contributed by atoms with Crippen molar-refractivity contribution in [3.05, 3.63) is 59.9 Å². The number of aryl methyl sites for hydroxylation is 2. The number of hydrogen-bond donors (Lipinski definition) is 1. The van der Waals surface area contributed by atoms with Crippen LogP contribution in [-0.4, -0.2) is 9.97 Å². The van der Waals surface area contributed by atoms with Crippen LogP contribution in [0.4, 0.5) is 11.5 Å². The number of fused-ring (bicyclic) bond motifs is 1. The van der Waals surface area contributed by atoms with Crippen LogP contribution in [0.2, 0.25) is 0 Å². The number of anilines is 2. The molecule has 0 saturated carbocycles. The largest absolute Gasteiger partial charge is 0.340 e. The SMILES string of the molecule is CCc1ccc(Nc2nc(C)nc3ccccc23)cc1. The van der Waals surface area contributed by atoms with Crippen molar-refractivity contribution < 1.29 is 0 Å². The van der Waals surface area contributed by atoms with Crippen LogP contribution in [0.3, 0.4) is 0 Å². The number of rotatable bonds is 3. The highest BCUT2D eigenvalue weighted by atomic mass is 15.0. The Morgan fingerprint density at radius 3 is 2.45 bits per heavy atom. The number of hydrogen-bond acceptors (Lipinski definition) is 3. The van der Waals surface area contributed by atoms with Crippen molar-refractivity contribution in [3.8, 4) is 0 Å². The summed E-state index contributed by atoms with van der Waals surface area (Å²) in [7, 11) is 0. The molecule has 0 aliphatic rings. The van der Waals surface area contributed by atoms with E-state index in [9.17, 15) is 0 Å². The Hall–Kier alpha value is -2.42. The molecule has 0 saturated heterocycles. The summed E-state index contributed by atoms with van der Waals surface area (Å²) in [5, 5.41) is 4.43. The maximum Gasteiger partial charge on any atom is 0.142 e. The van der Waals surface area contributed by atoms with Crippen LogP contribution in [-0.2, 0) is 6.42 Å². The number of aromatic nitrogens is 2. The summed E-state index contributed by atoms with van der Waals surface area (Å²) in [5.41, 5.74) is 3.34. The predicted octanol–water partition coefficient (Wildman–Crippen LogP) is 4.24. The monoisotopic (exact) mass is 263 g/mol. The smallest absolute Gasteiger partial charge is 0.142 e. The Morgan fingerprint density at radius 2 is 1.70 bits per heavy atom. The van der Waals surface area contributed by atoms with Crippen LogP contribution >= 0.6 is 0 Å². The summed E-state index contributed by atoms with van der Waals surface area (Å²) in [5.74, 6) is 1.63. The zero-order valence-corrected chi connectivity index (χ0v) is 11.7. The van der Waals surface area contributed by atoms with Crippen molar-refractivity contribution in [1.29, 1.82) is 0 Å². The molecular formula is C17H17N3. The molecule has 0 aliphatic carbocycles. The van der Waals surface area contributed by atoms with E-state index in [4.69, 9.17) is 0 Å². The highest BCUT2D eigenvalue weighted by Crippen LogP contribution is 2.23. The van der Waals surface area contributed by atoms with Gasteiger partial charge in [0, 0.05) is 11.1 Å². The summed E-state index contributed by atoms with van der Waals surface area (Å²) in [6, 6.07) is 16.5. The van der Waals surface area contributed by atoms with Crippen LogP contribution < -0.4 is 5.32 Å². The van der Waals surface area contributed by atoms with E-state index in [1.165, 1.54) is 5.56 Å². The Bertz CT molecular complexity index is 733. The molecule has 0 unspecified atom stereocenters. The van der Waals surface area contributed by atoms with Crippen molar-refractivity contribution in [2.24, 2.45) is 0 Å². The van der Waals surface area contributed by atoms with Crippen molar-refractivity contribution in [2.75, 3.05) is 5.32 Å². The Morgan fingerprint density at radius 1 is 0.950 bits per heavy atom. The second-order valence-electron chi connectivity index (χ2n) is 4.81. The molecule has 20 heavy (non-hydrogen) atoms. The van der Waals surface area contributed by atoms with E-state index in [0.717, 1.165) is 34.7 Å². The molecule has 0 radical (unpaired) electrons. The molecule has 3 nitrogen and oxygen atoms in total. The Kier molecular flexibility index (Phi) is 3.33. The third kappa shape index (κ3) is 2.48. The maximum atomic E-state index is 4.52. The molecule has 0 amide bonds. The van der Waals surface area contributed by atoms with E-state index >= 15 is 0 Å². The summed E-state index contributed by atoms with van der Waals surface area (Å²) in [6.45, 7) is 4.07.